The molecule has 0 heterocycles. The van der Waals surface area contributed by atoms with E-state index in [2.05, 4.69) is 9.47 Å². The fourth-order valence-electron chi connectivity index (χ4n) is 1.05. The Labute approximate surface area is 82.6 Å². The Kier molecular flexibility index (Phi) is 6.12. The second kappa shape index (κ2) is 6.89. The van der Waals surface area contributed by atoms with Gasteiger partial charge < -0.3 is 9.47 Å². The van der Waals surface area contributed by atoms with Gasteiger partial charge in [-0.2, -0.15) is 5.26 Å². The Morgan fingerprint density at radius 2 is 2.29 bits per heavy atom. The van der Waals surface area contributed by atoms with Gasteiger partial charge in [-0.25, -0.2) is 0 Å². The van der Waals surface area contributed by atoms with Crippen LogP contribution in [0.5, 0.6) is 0 Å². The quantitative estimate of drug-likeness (QED) is 0.460. The van der Waals surface area contributed by atoms with Crippen molar-refractivity contribution in [2.24, 2.45) is 11.8 Å². The zero-order valence-corrected chi connectivity index (χ0v) is 8.23. The summed E-state index contributed by atoms with van der Waals surface area (Å²) in [6.07, 6.45) is 0.224. The highest BCUT2D eigenvalue weighted by molar-refractivity contribution is 5.72. The van der Waals surface area contributed by atoms with Crippen molar-refractivity contribution < 1.29 is 19.1 Å². The molecule has 0 spiro atoms. The van der Waals surface area contributed by atoms with Crippen LogP contribution in [0.15, 0.2) is 0 Å². The Bertz CT molecular complexity index is 233. The minimum atomic E-state index is -0.565. The van der Waals surface area contributed by atoms with Gasteiger partial charge in [-0.1, -0.05) is 6.92 Å². The molecule has 14 heavy (non-hydrogen) atoms. The number of hydrogen-bond donors (Lipinski definition) is 0. The summed E-state index contributed by atoms with van der Waals surface area (Å²) in [4.78, 5) is 21.2. The summed E-state index contributed by atoms with van der Waals surface area (Å²) in [7, 11) is 1.26. The van der Waals surface area contributed by atoms with Crippen molar-refractivity contribution in [3.8, 4) is 6.07 Å². The Balaban J connectivity index is 4.30. The van der Waals surface area contributed by atoms with Crippen LogP contribution >= 0.6 is 0 Å². The first-order valence-electron chi connectivity index (χ1n) is 4.17. The van der Waals surface area contributed by atoms with E-state index >= 15 is 0 Å². The zero-order valence-electron chi connectivity index (χ0n) is 8.23. The smallest absolute Gasteiger partial charge is 0.312 e. The summed E-state index contributed by atoms with van der Waals surface area (Å²) < 4.78 is 9.03. The average Bonchev–Trinajstić information content (AvgIpc) is 2.18. The van der Waals surface area contributed by atoms with Crippen LogP contribution in [0.25, 0.3) is 0 Å². The Morgan fingerprint density at radius 3 is 2.71 bits per heavy atom. The number of rotatable bonds is 6. The molecule has 0 aliphatic carbocycles. The van der Waals surface area contributed by atoms with E-state index in [0.29, 0.717) is 0 Å². The molecule has 0 N–H and O–H groups in total. The zero-order chi connectivity index (χ0) is 11.0. The summed E-state index contributed by atoms with van der Waals surface area (Å²) in [5.74, 6) is -1.22. The molecule has 0 amide bonds. The van der Waals surface area contributed by atoms with Crippen LogP contribution in [0.2, 0.25) is 0 Å². The number of carbonyl (C=O) groups is 2. The van der Waals surface area contributed by atoms with E-state index in [9.17, 15) is 9.59 Å². The van der Waals surface area contributed by atoms with Gasteiger partial charge in [0.05, 0.1) is 19.1 Å². The monoisotopic (exact) mass is 199 g/mol. The summed E-state index contributed by atoms with van der Waals surface area (Å²) in [6.45, 7) is 1.97. The second-order valence-electron chi connectivity index (χ2n) is 2.90. The number of carbonyl (C=O) groups excluding carboxylic acids is 2. The molecule has 0 bridgehead atoms. The highest BCUT2D eigenvalue weighted by Crippen LogP contribution is 2.16. The van der Waals surface area contributed by atoms with Crippen LogP contribution in [-0.2, 0) is 19.1 Å². The van der Waals surface area contributed by atoms with Gasteiger partial charge >= 0.3 is 5.97 Å². The van der Waals surface area contributed by atoms with E-state index in [1.807, 2.05) is 6.07 Å². The molecule has 0 aliphatic rings. The third-order valence-corrected chi connectivity index (χ3v) is 1.95. The van der Waals surface area contributed by atoms with Gasteiger partial charge in [-0.3, -0.25) is 9.59 Å². The molecule has 5 nitrogen and oxygen atoms in total. The second-order valence-corrected chi connectivity index (χ2v) is 2.90. The normalized spacial score (nSPS) is 13.5. The highest BCUT2D eigenvalue weighted by atomic mass is 16.5. The third-order valence-electron chi connectivity index (χ3n) is 1.95. The van der Waals surface area contributed by atoms with Crippen molar-refractivity contribution in [2.45, 2.75) is 13.3 Å². The van der Waals surface area contributed by atoms with E-state index in [0.717, 1.165) is 0 Å². The molecule has 5 heteroatoms. The fourth-order valence-corrected chi connectivity index (χ4v) is 1.05. The number of nitriles is 1. The van der Waals surface area contributed by atoms with Crippen LogP contribution in [0.3, 0.4) is 0 Å². The third kappa shape index (κ3) is 3.90. The number of ether oxygens (including phenoxy) is 2. The lowest BCUT2D eigenvalue weighted by Gasteiger charge is -2.17. The minimum Gasteiger partial charge on any atom is -0.469 e. The highest BCUT2D eigenvalue weighted by Gasteiger charge is 2.26. The van der Waals surface area contributed by atoms with Crippen LogP contribution in [0, 0.1) is 23.2 Å². The van der Waals surface area contributed by atoms with Gasteiger partial charge in [0.15, 0.2) is 0 Å². The molecule has 0 aromatic rings. The van der Waals surface area contributed by atoms with Gasteiger partial charge in [0.2, 0.25) is 0 Å². The summed E-state index contributed by atoms with van der Waals surface area (Å²) in [6, 6.07) is 1.95. The van der Waals surface area contributed by atoms with Gasteiger partial charge in [-0.15, -0.1) is 0 Å². The van der Waals surface area contributed by atoms with E-state index in [1.165, 1.54) is 7.11 Å². The molecule has 0 radical (unpaired) electrons. The maximum Gasteiger partial charge on any atom is 0.312 e. The van der Waals surface area contributed by atoms with Crippen molar-refractivity contribution in [3.05, 3.63) is 0 Å². The first kappa shape index (κ1) is 12.4. The van der Waals surface area contributed by atoms with Crippen molar-refractivity contribution in [1.29, 1.82) is 5.26 Å². The van der Waals surface area contributed by atoms with Crippen LogP contribution < -0.4 is 0 Å². The minimum absolute atomic E-state index is 0.0426. The number of esters is 1. The van der Waals surface area contributed by atoms with Crippen LogP contribution in [-0.4, -0.2) is 26.2 Å². The molecular weight excluding hydrogens is 186 g/mol. The molecule has 0 rings (SSSR count). The van der Waals surface area contributed by atoms with Crippen molar-refractivity contribution >= 4 is 12.4 Å². The van der Waals surface area contributed by atoms with E-state index in [1.54, 1.807) is 6.92 Å². The molecule has 0 saturated carbocycles. The number of methoxy groups -OCH3 is 1. The van der Waals surface area contributed by atoms with Gasteiger partial charge in [0, 0.05) is 6.42 Å². The van der Waals surface area contributed by atoms with E-state index < -0.39 is 11.9 Å². The summed E-state index contributed by atoms with van der Waals surface area (Å²) in [5, 5.41) is 8.45. The standard InChI is InChI=1S/C9H13NO4/c1-7(3-4-10)8(5-14-6-11)9(12)13-2/h6-8H,3,5H2,1-2H3/t7-,8?/m1/s1. The fraction of sp³-hybridized carbons (Fsp3) is 0.667. The van der Waals surface area contributed by atoms with Crippen LogP contribution in [0.1, 0.15) is 13.3 Å². The predicted molar refractivity (Wildman–Crippen MR) is 46.9 cm³/mol. The SMILES string of the molecule is COC(=O)C(COC=O)[C@H](C)CC#N. The average molecular weight is 199 g/mol. The Morgan fingerprint density at radius 1 is 1.64 bits per heavy atom. The molecular formula is C9H13NO4. The lowest BCUT2D eigenvalue weighted by atomic mass is 9.92. The topological polar surface area (TPSA) is 76.4 Å². The molecule has 1 unspecified atom stereocenters. The lowest BCUT2D eigenvalue weighted by molar-refractivity contribution is -0.151. The maximum absolute atomic E-state index is 11.2. The number of nitrogens with zero attached hydrogens (tertiary/aromatic N) is 1. The molecule has 0 aromatic carbocycles. The molecule has 0 saturated heterocycles. The van der Waals surface area contributed by atoms with Gasteiger partial charge in [-0.05, 0) is 5.92 Å². The first-order valence-corrected chi connectivity index (χ1v) is 4.17. The van der Waals surface area contributed by atoms with Crippen molar-refractivity contribution in [3.63, 3.8) is 0 Å². The van der Waals surface area contributed by atoms with E-state index in [-0.39, 0.29) is 25.4 Å². The molecule has 0 fully saturated rings. The predicted octanol–water partition coefficient (Wildman–Crippen LogP) is 0.498. The Hall–Kier alpha value is -1.57. The van der Waals surface area contributed by atoms with Gasteiger partial charge in [0.1, 0.15) is 6.61 Å². The lowest BCUT2D eigenvalue weighted by Crippen LogP contribution is -2.27. The van der Waals surface area contributed by atoms with Gasteiger partial charge in [0.25, 0.3) is 6.47 Å². The molecule has 0 aromatic heterocycles. The van der Waals surface area contributed by atoms with Crippen molar-refractivity contribution in [2.75, 3.05) is 13.7 Å². The molecule has 0 aliphatic heterocycles. The summed E-state index contributed by atoms with van der Waals surface area (Å²) in [5.41, 5.74) is 0. The number of hydrogen-bond acceptors (Lipinski definition) is 5. The van der Waals surface area contributed by atoms with Crippen LogP contribution in [0.4, 0.5) is 0 Å². The molecule has 78 valence electrons. The molecule has 2 atom stereocenters. The first-order chi connectivity index (χ1) is 6.67. The van der Waals surface area contributed by atoms with Crippen molar-refractivity contribution in [1.82, 2.24) is 0 Å². The van der Waals surface area contributed by atoms with E-state index in [4.69, 9.17) is 5.26 Å². The summed E-state index contributed by atoms with van der Waals surface area (Å²) >= 11 is 0. The maximum atomic E-state index is 11.2. The largest absolute Gasteiger partial charge is 0.469 e.